The topological polar surface area (TPSA) is 129 Å². The van der Waals surface area contributed by atoms with E-state index in [2.05, 4.69) is 25.3 Å². The monoisotopic (exact) mass is 518 g/mol. The smallest absolute Gasteiger partial charge is 0.262 e. The van der Waals surface area contributed by atoms with Crippen LogP contribution in [0.25, 0.3) is 0 Å². The highest BCUT2D eigenvalue weighted by Gasteiger charge is 2.18. The molecule has 0 aliphatic heterocycles. The summed E-state index contributed by atoms with van der Waals surface area (Å²) in [5.74, 6) is -0.136. The molecule has 4 aromatic rings. The number of rotatable bonds is 9. The number of anilines is 5. The lowest BCUT2D eigenvalue weighted by atomic mass is 10.2. The number of benzene rings is 3. The van der Waals surface area contributed by atoms with Crippen LogP contribution in [0, 0.1) is 31.0 Å². The number of hydrogen-bond acceptors (Lipinski definition) is 8. The van der Waals surface area contributed by atoms with Crippen molar-refractivity contribution in [1.82, 2.24) is 9.97 Å². The highest BCUT2D eigenvalue weighted by Crippen LogP contribution is 2.27. The number of aryl methyl sites for hydroxylation is 2. The van der Waals surface area contributed by atoms with Gasteiger partial charge in [0.05, 0.1) is 11.1 Å². The third kappa shape index (κ3) is 6.31. The largest absolute Gasteiger partial charge is 0.478 e. The summed E-state index contributed by atoms with van der Waals surface area (Å²) in [6.45, 7) is 3.42. The van der Waals surface area contributed by atoms with E-state index < -0.39 is 15.8 Å². The molecule has 9 nitrogen and oxygen atoms in total. The molecule has 188 valence electrons. The van der Waals surface area contributed by atoms with Crippen LogP contribution in [-0.4, -0.2) is 25.0 Å². The van der Waals surface area contributed by atoms with E-state index in [0.717, 1.165) is 11.8 Å². The molecule has 1 heterocycles. The zero-order valence-electron chi connectivity index (χ0n) is 20.0. The number of sulfonamides is 1. The third-order valence-corrected chi connectivity index (χ3v) is 6.76. The molecule has 1 aromatic heterocycles. The molecule has 0 radical (unpaired) electrons. The summed E-state index contributed by atoms with van der Waals surface area (Å²) < 4.78 is 48.3. The Morgan fingerprint density at radius 3 is 2.41 bits per heavy atom. The minimum atomic E-state index is -3.86. The Balaban J connectivity index is 1.54. The molecule has 0 amide bonds. The van der Waals surface area contributed by atoms with Crippen LogP contribution < -0.4 is 20.1 Å². The van der Waals surface area contributed by atoms with Gasteiger partial charge in [-0.25, -0.2) is 17.8 Å². The first kappa shape index (κ1) is 25.4. The highest BCUT2D eigenvalue weighted by molar-refractivity contribution is 7.92. The lowest BCUT2D eigenvalue weighted by molar-refractivity contribution is 0.365. The van der Waals surface area contributed by atoms with Gasteiger partial charge in [-0.2, -0.15) is 10.2 Å². The maximum absolute atomic E-state index is 14.5. The molecule has 3 aromatic carbocycles. The number of nitrogens with one attached hydrogen (secondary N) is 3. The molecular formula is C26H23FN6O3S. The summed E-state index contributed by atoms with van der Waals surface area (Å²) in [6, 6.07) is 20.4. The highest BCUT2D eigenvalue weighted by atomic mass is 32.2. The van der Waals surface area contributed by atoms with Crippen LogP contribution in [0.5, 0.6) is 5.75 Å². The van der Waals surface area contributed by atoms with E-state index in [1.807, 2.05) is 6.07 Å². The first-order valence-electron chi connectivity index (χ1n) is 11.1. The van der Waals surface area contributed by atoms with Crippen molar-refractivity contribution in [2.24, 2.45) is 0 Å². The van der Waals surface area contributed by atoms with Crippen molar-refractivity contribution >= 4 is 38.9 Å². The standard InChI is InChI=1S/C26H23FN6O3S/c1-17-8-9-21(15-24(17)37(34,35)33-19-6-4-3-5-7-19)31-26-29-16-22(27)25(32-26)30-20-10-11-23(18(2)14-20)36-13-12-28/h3-11,14-16,33H,13H2,1-2H3,(H2,29,30,31,32). The summed E-state index contributed by atoms with van der Waals surface area (Å²) in [4.78, 5) is 8.25. The van der Waals surface area contributed by atoms with Gasteiger partial charge in [0.15, 0.2) is 18.2 Å². The fourth-order valence-corrected chi connectivity index (χ4v) is 4.79. The van der Waals surface area contributed by atoms with Crippen LogP contribution in [0.4, 0.5) is 33.2 Å². The number of hydrogen-bond donors (Lipinski definition) is 3. The van der Waals surface area contributed by atoms with Crippen molar-refractivity contribution in [3.05, 3.63) is 89.9 Å². The van der Waals surface area contributed by atoms with Crippen molar-refractivity contribution in [2.75, 3.05) is 22.0 Å². The van der Waals surface area contributed by atoms with Gasteiger partial charge in [0.1, 0.15) is 11.8 Å². The molecule has 0 bridgehead atoms. The summed E-state index contributed by atoms with van der Waals surface area (Å²) >= 11 is 0. The van der Waals surface area contributed by atoms with E-state index in [1.165, 1.54) is 6.07 Å². The zero-order valence-corrected chi connectivity index (χ0v) is 20.8. The van der Waals surface area contributed by atoms with Crippen molar-refractivity contribution in [3.8, 4) is 11.8 Å². The summed E-state index contributed by atoms with van der Waals surface area (Å²) in [7, 11) is -3.86. The number of nitrogens with zero attached hydrogens (tertiary/aromatic N) is 3. The Morgan fingerprint density at radius 1 is 0.946 bits per heavy atom. The normalized spacial score (nSPS) is 10.9. The van der Waals surface area contributed by atoms with Gasteiger partial charge in [0.2, 0.25) is 5.95 Å². The number of para-hydroxylation sites is 1. The second kappa shape index (κ2) is 10.9. The van der Waals surface area contributed by atoms with Crippen molar-refractivity contribution in [3.63, 3.8) is 0 Å². The first-order valence-corrected chi connectivity index (χ1v) is 12.6. The van der Waals surface area contributed by atoms with Crippen LogP contribution in [0.2, 0.25) is 0 Å². The summed E-state index contributed by atoms with van der Waals surface area (Å²) in [5, 5.41) is 14.5. The van der Waals surface area contributed by atoms with Crippen LogP contribution >= 0.6 is 0 Å². The van der Waals surface area contributed by atoms with E-state index in [9.17, 15) is 12.8 Å². The van der Waals surface area contributed by atoms with Crippen LogP contribution in [0.3, 0.4) is 0 Å². The van der Waals surface area contributed by atoms with Crippen LogP contribution in [0.15, 0.2) is 77.8 Å². The molecule has 4 rings (SSSR count). The fourth-order valence-electron chi connectivity index (χ4n) is 3.46. The van der Waals surface area contributed by atoms with Crippen molar-refractivity contribution in [1.29, 1.82) is 5.26 Å². The Bertz CT molecular complexity index is 1570. The fraction of sp³-hybridized carbons (Fsp3) is 0.115. The minimum absolute atomic E-state index is 0.0674. The second-order valence-electron chi connectivity index (χ2n) is 8.02. The third-order valence-electron chi connectivity index (χ3n) is 5.23. The quantitative estimate of drug-likeness (QED) is 0.268. The van der Waals surface area contributed by atoms with Gasteiger partial charge in [0.25, 0.3) is 10.0 Å². The molecule has 0 spiro atoms. The number of aromatic nitrogens is 2. The van der Waals surface area contributed by atoms with Crippen molar-refractivity contribution < 1.29 is 17.5 Å². The molecule has 0 aliphatic carbocycles. The van der Waals surface area contributed by atoms with Gasteiger partial charge in [0, 0.05) is 17.1 Å². The van der Waals surface area contributed by atoms with Crippen molar-refractivity contribution in [2.45, 2.75) is 18.7 Å². The van der Waals surface area contributed by atoms with Gasteiger partial charge in [-0.1, -0.05) is 24.3 Å². The molecule has 0 saturated carbocycles. The molecular weight excluding hydrogens is 495 g/mol. The van der Waals surface area contributed by atoms with Gasteiger partial charge < -0.3 is 15.4 Å². The molecule has 0 atom stereocenters. The van der Waals surface area contributed by atoms with E-state index >= 15 is 0 Å². The van der Waals surface area contributed by atoms with E-state index in [-0.39, 0.29) is 23.3 Å². The Hall–Kier alpha value is -4.69. The molecule has 0 aliphatic rings. The minimum Gasteiger partial charge on any atom is -0.478 e. The SMILES string of the molecule is Cc1cc(Nc2nc(Nc3ccc(C)c(S(=O)(=O)Nc4ccccc4)c3)ncc2F)ccc1OCC#N. The van der Waals surface area contributed by atoms with Crippen LogP contribution in [-0.2, 0) is 10.0 Å². The number of halogens is 1. The molecule has 0 fully saturated rings. The Kier molecular flexibility index (Phi) is 7.50. The van der Waals surface area contributed by atoms with Gasteiger partial charge >= 0.3 is 0 Å². The van der Waals surface area contributed by atoms with Gasteiger partial charge in [-0.3, -0.25) is 4.72 Å². The maximum Gasteiger partial charge on any atom is 0.262 e. The van der Waals surface area contributed by atoms with Gasteiger partial charge in [-0.05, 0) is 67.4 Å². The average molecular weight is 519 g/mol. The molecule has 3 N–H and O–H groups in total. The first-order chi connectivity index (χ1) is 17.7. The number of nitriles is 1. The maximum atomic E-state index is 14.5. The average Bonchev–Trinajstić information content (AvgIpc) is 2.87. The molecule has 11 heteroatoms. The molecule has 37 heavy (non-hydrogen) atoms. The second-order valence-corrected chi connectivity index (χ2v) is 9.67. The summed E-state index contributed by atoms with van der Waals surface area (Å²) in [5.41, 5.74) is 2.71. The van der Waals surface area contributed by atoms with Crippen LogP contribution in [0.1, 0.15) is 11.1 Å². The summed E-state index contributed by atoms with van der Waals surface area (Å²) in [6.07, 6.45) is 1.01. The predicted molar refractivity (Wildman–Crippen MR) is 139 cm³/mol. The molecule has 0 saturated heterocycles. The van der Waals surface area contributed by atoms with E-state index in [1.54, 1.807) is 74.5 Å². The number of ether oxygens (including phenoxy) is 1. The lowest BCUT2D eigenvalue weighted by Gasteiger charge is -2.14. The Morgan fingerprint density at radius 2 is 1.68 bits per heavy atom. The lowest BCUT2D eigenvalue weighted by Crippen LogP contribution is -2.14. The van der Waals surface area contributed by atoms with Gasteiger partial charge in [-0.15, -0.1) is 0 Å². The zero-order chi connectivity index (χ0) is 26.4. The molecule has 0 unspecified atom stereocenters. The van der Waals surface area contributed by atoms with E-state index in [0.29, 0.717) is 28.4 Å². The Labute approximate surface area is 214 Å². The van der Waals surface area contributed by atoms with E-state index in [4.69, 9.17) is 10.00 Å². The predicted octanol–water partition coefficient (Wildman–Crippen LogP) is 5.42.